The first-order chi connectivity index (χ1) is 27.8. The zero-order valence-corrected chi connectivity index (χ0v) is 30.3. The van der Waals surface area contributed by atoms with Crippen LogP contribution in [0.3, 0.4) is 0 Å². The van der Waals surface area contributed by atoms with Crippen molar-refractivity contribution in [2.75, 3.05) is 0 Å². The topological polar surface area (TPSA) is 38.9 Å². The Balaban J connectivity index is 1.08. The number of fused-ring (bicyclic) bond motifs is 13. The second-order valence-corrected chi connectivity index (χ2v) is 14.8. The molecule has 0 atom stereocenters. The Labute approximate surface area is 324 Å². The molecule has 2 aromatic heterocycles. The van der Waals surface area contributed by atoms with Gasteiger partial charge >= 0.3 is 0 Å². The van der Waals surface area contributed by atoms with Crippen LogP contribution < -0.4 is 0 Å². The first kappa shape index (κ1) is 31.0. The van der Waals surface area contributed by atoms with Crippen molar-refractivity contribution in [1.82, 2.24) is 9.97 Å². The molecule has 0 amide bonds. The highest BCUT2D eigenvalue weighted by atomic mass is 16.3. The summed E-state index contributed by atoms with van der Waals surface area (Å²) in [7, 11) is 0. The molecule has 0 N–H and O–H groups in total. The molecule has 2 heterocycles. The predicted octanol–water partition coefficient (Wildman–Crippen LogP) is 13.4. The van der Waals surface area contributed by atoms with Crippen molar-refractivity contribution in [2.24, 2.45) is 0 Å². The highest BCUT2D eigenvalue weighted by molar-refractivity contribution is 6.05. The van der Waals surface area contributed by atoms with Gasteiger partial charge in [-0.05, 0) is 74.0 Å². The largest absolute Gasteiger partial charge is 0.456 e. The number of furan rings is 1. The number of hydrogen-bond donors (Lipinski definition) is 0. The Morgan fingerprint density at radius 2 is 1.00 bits per heavy atom. The van der Waals surface area contributed by atoms with Gasteiger partial charge in [0.05, 0.1) is 16.8 Å². The SMILES string of the molecule is c1ccc(-c2cc(-c3cccc(-c4cccc5c4-c4oc6ccccc6c4C54c5ccccc5-c5ccccc54)c3)nc(-c3ccc4ccccc4c3)n2)cc1. The number of nitrogens with zero attached hydrogens (tertiary/aromatic N) is 2. The van der Waals surface area contributed by atoms with Gasteiger partial charge in [0, 0.05) is 33.2 Å². The lowest BCUT2D eigenvalue weighted by atomic mass is 9.70. The van der Waals surface area contributed by atoms with Crippen LogP contribution in [0.15, 0.2) is 199 Å². The van der Waals surface area contributed by atoms with E-state index in [2.05, 4.69) is 188 Å². The smallest absolute Gasteiger partial charge is 0.160 e. The van der Waals surface area contributed by atoms with E-state index >= 15 is 0 Å². The molecule has 12 rings (SSSR count). The van der Waals surface area contributed by atoms with E-state index < -0.39 is 5.41 Å². The van der Waals surface area contributed by atoms with Crippen molar-refractivity contribution in [3.8, 4) is 67.5 Å². The summed E-state index contributed by atoms with van der Waals surface area (Å²) in [6.07, 6.45) is 0. The van der Waals surface area contributed by atoms with Gasteiger partial charge in [-0.15, -0.1) is 0 Å². The van der Waals surface area contributed by atoms with E-state index in [1.54, 1.807) is 0 Å². The van der Waals surface area contributed by atoms with Gasteiger partial charge in [0.25, 0.3) is 0 Å². The molecule has 3 heteroatoms. The van der Waals surface area contributed by atoms with Crippen LogP contribution >= 0.6 is 0 Å². The minimum atomic E-state index is -0.510. The number of benzene rings is 8. The number of hydrogen-bond acceptors (Lipinski definition) is 3. The van der Waals surface area contributed by atoms with E-state index in [4.69, 9.17) is 14.4 Å². The van der Waals surface area contributed by atoms with E-state index in [9.17, 15) is 0 Å². The fourth-order valence-corrected chi connectivity index (χ4v) is 9.53. The van der Waals surface area contributed by atoms with Gasteiger partial charge in [0.2, 0.25) is 0 Å². The van der Waals surface area contributed by atoms with Gasteiger partial charge in [-0.2, -0.15) is 0 Å². The molecule has 0 radical (unpaired) electrons. The van der Waals surface area contributed by atoms with E-state index in [0.717, 1.165) is 66.9 Å². The van der Waals surface area contributed by atoms with Crippen molar-refractivity contribution in [1.29, 1.82) is 0 Å². The molecule has 8 aromatic carbocycles. The minimum absolute atomic E-state index is 0.510. The van der Waals surface area contributed by atoms with E-state index in [0.29, 0.717) is 5.82 Å². The summed E-state index contributed by atoms with van der Waals surface area (Å²) < 4.78 is 6.97. The number of para-hydroxylation sites is 1. The highest BCUT2D eigenvalue weighted by Gasteiger charge is 2.54. The van der Waals surface area contributed by atoms with Crippen LogP contribution in [-0.4, -0.2) is 9.97 Å². The maximum absolute atomic E-state index is 6.97. The fraction of sp³-hybridized carbons (Fsp3) is 0.0189. The van der Waals surface area contributed by atoms with Crippen LogP contribution in [0.25, 0.3) is 89.2 Å². The molecule has 10 aromatic rings. The first-order valence-electron chi connectivity index (χ1n) is 19.2. The fourth-order valence-electron chi connectivity index (χ4n) is 9.53. The Bertz CT molecular complexity index is 3170. The highest BCUT2D eigenvalue weighted by Crippen LogP contribution is 2.66. The summed E-state index contributed by atoms with van der Waals surface area (Å²) in [5.41, 5.74) is 16.2. The molecule has 2 aliphatic carbocycles. The molecule has 0 saturated heterocycles. The molecule has 0 aliphatic heterocycles. The van der Waals surface area contributed by atoms with Crippen molar-refractivity contribution in [3.63, 3.8) is 0 Å². The lowest BCUT2D eigenvalue weighted by Crippen LogP contribution is -2.25. The van der Waals surface area contributed by atoms with Crippen molar-refractivity contribution in [2.45, 2.75) is 5.41 Å². The molecule has 3 nitrogen and oxygen atoms in total. The summed E-state index contributed by atoms with van der Waals surface area (Å²) in [4.78, 5) is 10.4. The molecule has 0 saturated carbocycles. The molecule has 0 bridgehead atoms. The molecule has 56 heavy (non-hydrogen) atoms. The Morgan fingerprint density at radius 1 is 0.393 bits per heavy atom. The van der Waals surface area contributed by atoms with Crippen molar-refractivity contribution in [3.05, 3.63) is 216 Å². The molecular formula is C53H32N2O. The zero-order valence-electron chi connectivity index (χ0n) is 30.3. The normalized spacial score (nSPS) is 13.1. The Kier molecular flexibility index (Phi) is 6.55. The van der Waals surface area contributed by atoms with Crippen molar-refractivity contribution < 1.29 is 4.42 Å². The molecule has 2 aliphatic rings. The number of rotatable bonds is 4. The second-order valence-electron chi connectivity index (χ2n) is 14.8. The van der Waals surface area contributed by atoms with E-state index in [-0.39, 0.29) is 0 Å². The lowest BCUT2D eigenvalue weighted by Gasteiger charge is -2.30. The molecule has 1 spiro atoms. The third-order valence-electron chi connectivity index (χ3n) is 11.9. The summed E-state index contributed by atoms with van der Waals surface area (Å²) in [6.45, 7) is 0. The van der Waals surface area contributed by atoms with Crippen LogP contribution in [0.4, 0.5) is 0 Å². The second kappa shape index (κ2) is 11.8. The minimum Gasteiger partial charge on any atom is -0.456 e. The van der Waals surface area contributed by atoms with Crippen LogP contribution in [0.5, 0.6) is 0 Å². The Morgan fingerprint density at radius 3 is 1.82 bits per heavy atom. The third kappa shape index (κ3) is 4.34. The van der Waals surface area contributed by atoms with Gasteiger partial charge in [-0.1, -0.05) is 170 Å². The van der Waals surface area contributed by atoms with Crippen LogP contribution in [0.1, 0.15) is 22.3 Å². The third-order valence-corrected chi connectivity index (χ3v) is 11.9. The summed E-state index contributed by atoms with van der Waals surface area (Å²) in [5, 5.41) is 3.51. The quantitative estimate of drug-likeness (QED) is 0.182. The molecular weight excluding hydrogens is 681 g/mol. The average molecular weight is 713 g/mol. The zero-order chi connectivity index (χ0) is 36.8. The maximum atomic E-state index is 6.97. The monoisotopic (exact) mass is 712 g/mol. The van der Waals surface area contributed by atoms with Gasteiger partial charge < -0.3 is 4.42 Å². The molecule has 260 valence electrons. The summed E-state index contributed by atoms with van der Waals surface area (Å²) >= 11 is 0. The van der Waals surface area contributed by atoms with Gasteiger partial charge in [-0.25, -0.2) is 9.97 Å². The van der Waals surface area contributed by atoms with E-state index in [1.165, 1.54) is 38.8 Å². The van der Waals surface area contributed by atoms with E-state index in [1.807, 2.05) is 6.07 Å². The molecule has 0 fully saturated rings. The van der Waals surface area contributed by atoms with Gasteiger partial charge in [0.15, 0.2) is 5.82 Å². The van der Waals surface area contributed by atoms with Crippen LogP contribution in [0, 0.1) is 0 Å². The first-order valence-corrected chi connectivity index (χ1v) is 19.2. The number of aromatic nitrogens is 2. The van der Waals surface area contributed by atoms with Gasteiger partial charge in [-0.3, -0.25) is 0 Å². The van der Waals surface area contributed by atoms with Gasteiger partial charge in [0.1, 0.15) is 11.3 Å². The van der Waals surface area contributed by atoms with Crippen LogP contribution in [-0.2, 0) is 5.41 Å². The van der Waals surface area contributed by atoms with Crippen LogP contribution in [0.2, 0.25) is 0 Å². The molecule has 0 unspecified atom stereocenters. The standard InChI is InChI=1S/C53H32N2O/c1-2-15-34(16-3-1)46-32-47(55-52(54-46)38-29-28-33-14-4-5-17-35(33)30-38)37-19-12-18-36(31-37)39-23-13-26-45-49(39)51-50(42-22-8-11-27-48(42)56-51)53(45)43-24-9-6-20-40(43)41-21-7-10-25-44(41)53/h1-32H. The average Bonchev–Trinajstić information content (AvgIpc) is 3.90. The predicted molar refractivity (Wildman–Crippen MR) is 227 cm³/mol. The Hall–Kier alpha value is -7.36. The summed E-state index contributed by atoms with van der Waals surface area (Å²) in [5.74, 6) is 1.64. The lowest BCUT2D eigenvalue weighted by molar-refractivity contribution is 0.629. The van der Waals surface area contributed by atoms with Crippen molar-refractivity contribution >= 4 is 21.7 Å². The summed E-state index contributed by atoms with van der Waals surface area (Å²) in [6, 6.07) is 69.3. The maximum Gasteiger partial charge on any atom is 0.160 e.